The van der Waals surface area contributed by atoms with Crippen molar-refractivity contribution in [2.75, 3.05) is 26.7 Å². The molecule has 0 bridgehead atoms. The molecule has 1 aromatic rings. The molecule has 0 radical (unpaired) electrons. The van der Waals surface area contributed by atoms with Crippen LogP contribution in [0.25, 0.3) is 0 Å². The van der Waals surface area contributed by atoms with Crippen LogP contribution in [0.15, 0.2) is 17.0 Å². The summed E-state index contributed by atoms with van der Waals surface area (Å²) in [6, 6.07) is 1.53. The number of carboxylic acids is 1. The molecule has 0 spiro atoms. The van der Waals surface area contributed by atoms with Gasteiger partial charge in [0.05, 0.1) is 6.54 Å². The summed E-state index contributed by atoms with van der Waals surface area (Å²) in [7, 11) is -2.47. The highest BCUT2D eigenvalue weighted by atomic mass is 32.2. The van der Waals surface area contributed by atoms with E-state index in [0.717, 1.165) is 16.4 Å². The Labute approximate surface area is 146 Å². The fourth-order valence-electron chi connectivity index (χ4n) is 3.04. The van der Waals surface area contributed by atoms with Gasteiger partial charge in [-0.25, -0.2) is 17.2 Å². The summed E-state index contributed by atoms with van der Waals surface area (Å²) in [5.74, 6) is -2.69. The summed E-state index contributed by atoms with van der Waals surface area (Å²) in [6.45, 7) is 1.55. The molecule has 1 atom stereocenters. The van der Waals surface area contributed by atoms with E-state index in [2.05, 4.69) is 0 Å². The van der Waals surface area contributed by atoms with Crippen LogP contribution in [0.2, 0.25) is 0 Å². The lowest BCUT2D eigenvalue weighted by Gasteiger charge is -2.25. The highest BCUT2D eigenvalue weighted by Crippen LogP contribution is 2.25. The van der Waals surface area contributed by atoms with Gasteiger partial charge >= 0.3 is 5.97 Å². The first-order valence-electron chi connectivity index (χ1n) is 8.00. The second kappa shape index (κ2) is 7.76. The van der Waals surface area contributed by atoms with Crippen molar-refractivity contribution in [1.29, 1.82) is 0 Å². The zero-order valence-corrected chi connectivity index (χ0v) is 15.0. The van der Waals surface area contributed by atoms with E-state index < -0.39 is 32.5 Å². The molecule has 1 heterocycles. The maximum absolute atomic E-state index is 14.1. The lowest BCUT2D eigenvalue weighted by Crippen LogP contribution is -2.37. The highest BCUT2D eigenvalue weighted by molar-refractivity contribution is 7.89. The number of carbonyl (C=O) groups is 1. The van der Waals surface area contributed by atoms with Crippen molar-refractivity contribution in [2.45, 2.75) is 37.1 Å². The smallest absolute Gasteiger partial charge is 0.317 e. The predicted octanol–water partition coefficient (Wildman–Crippen LogP) is 1.83. The largest absolute Gasteiger partial charge is 0.480 e. The Balaban J connectivity index is 2.19. The minimum Gasteiger partial charge on any atom is -0.480 e. The number of rotatable bonds is 5. The molecule has 25 heavy (non-hydrogen) atoms. The first-order valence-corrected chi connectivity index (χ1v) is 9.44. The van der Waals surface area contributed by atoms with Crippen molar-refractivity contribution in [3.8, 4) is 0 Å². The third-order valence-electron chi connectivity index (χ3n) is 4.50. The quantitative estimate of drug-likeness (QED) is 0.848. The average molecular weight is 376 g/mol. The molecule has 0 aliphatic carbocycles. The fraction of sp³-hybridized carbons (Fsp3) is 0.562. The van der Waals surface area contributed by atoms with Crippen molar-refractivity contribution >= 4 is 16.0 Å². The van der Waals surface area contributed by atoms with Gasteiger partial charge < -0.3 is 5.11 Å². The molecule has 0 aromatic heterocycles. The van der Waals surface area contributed by atoms with E-state index in [-0.39, 0.29) is 31.2 Å². The van der Waals surface area contributed by atoms with Crippen LogP contribution in [0.1, 0.15) is 24.8 Å². The van der Waals surface area contributed by atoms with Crippen LogP contribution in [0, 0.1) is 18.6 Å². The van der Waals surface area contributed by atoms with Gasteiger partial charge in [-0.15, -0.1) is 0 Å². The van der Waals surface area contributed by atoms with Gasteiger partial charge in [-0.2, -0.15) is 4.31 Å². The Morgan fingerprint density at radius 3 is 2.60 bits per heavy atom. The van der Waals surface area contributed by atoms with E-state index in [1.165, 1.54) is 6.92 Å². The van der Waals surface area contributed by atoms with Gasteiger partial charge in [0.15, 0.2) is 0 Å². The third kappa shape index (κ3) is 4.53. The topological polar surface area (TPSA) is 77.9 Å². The van der Waals surface area contributed by atoms with E-state index in [4.69, 9.17) is 5.11 Å². The standard InChI is InChI=1S/C16H22F2N2O4S/c1-11-8-14(18)15(9-13(11)17)25(23,24)20-6-3-4-12(5-7-20)19(2)10-16(21)22/h8-9,12H,3-7,10H2,1-2H3,(H,21,22). The molecule has 0 amide bonds. The monoisotopic (exact) mass is 376 g/mol. The Bertz CT molecular complexity index is 755. The van der Waals surface area contributed by atoms with E-state index in [9.17, 15) is 22.0 Å². The molecule has 0 saturated carbocycles. The molecule has 1 saturated heterocycles. The summed E-state index contributed by atoms with van der Waals surface area (Å²) in [5, 5.41) is 8.87. The van der Waals surface area contributed by atoms with Gasteiger partial charge in [-0.3, -0.25) is 9.69 Å². The fourth-order valence-corrected chi connectivity index (χ4v) is 4.59. The van der Waals surface area contributed by atoms with E-state index in [1.54, 1.807) is 11.9 Å². The van der Waals surface area contributed by atoms with E-state index in [1.807, 2.05) is 0 Å². The van der Waals surface area contributed by atoms with Crippen LogP contribution in [0.3, 0.4) is 0 Å². The number of hydrogen-bond donors (Lipinski definition) is 1. The molecule has 1 aliphatic heterocycles. The summed E-state index contributed by atoms with van der Waals surface area (Å²) in [5.41, 5.74) is 0.0441. The van der Waals surface area contributed by atoms with Crippen molar-refractivity contribution in [2.24, 2.45) is 0 Å². The minimum absolute atomic E-state index is 0.0441. The van der Waals surface area contributed by atoms with Crippen LogP contribution >= 0.6 is 0 Å². The van der Waals surface area contributed by atoms with Crippen molar-refractivity contribution < 1.29 is 27.1 Å². The number of halogens is 2. The normalized spacial score (nSPS) is 19.8. The van der Waals surface area contributed by atoms with Crippen LogP contribution in [-0.4, -0.2) is 61.4 Å². The number of likely N-dealkylation sites (N-methyl/N-ethyl adjacent to an activating group) is 1. The van der Waals surface area contributed by atoms with Crippen LogP contribution in [-0.2, 0) is 14.8 Å². The number of aliphatic carboxylic acids is 1. The lowest BCUT2D eigenvalue weighted by atomic mass is 10.1. The summed E-state index contributed by atoms with van der Waals surface area (Å²) in [6.07, 6.45) is 1.59. The molecule has 1 unspecified atom stereocenters. The van der Waals surface area contributed by atoms with E-state index in [0.29, 0.717) is 19.3 Å². The molecule has 1 fully saturated rings. The predicted molar refractivity (Wildman–Crippen MR) is 87.8 cm³/mol. The number of benzene rings is 1. The summed E-state index contributed by atoms with van der Waals surface area (Å²) < 4.78 is 54.3. The highest BCUT2D eigenvalue weighted by Gasteiger charge is 2.31. The van der Waals surface area contributed by atoms with Crippen molar-refractivity contribution in [3.05, 3.63) is 29.3 Å². The maximum atomic E-state index is 14.1. The second-order valence-electron chi connectivity index (χ2n) is 6.33. The van der Waals surface area contributed by atoms with Gasteiger partial charge in [-0.1, -0.05) is 0 Å². The molecule has 9 heteroatoms. The number of carboxylic acid groups (broad SMARTS) is 1. The Morgan fingerprint density at radius 2 is 1.96 bits per heavy atom. The third-order valence-corrected chi connectivity index (χ3v) is 6.41. The van der Waals surface area contributed by atoms with Gasteiger partial charge in [0, 0.05) is 19.1 Å². The Kier molecular flexibility index (Phi) is 6.12. The van der Waals surface area contributed by atoms with E-state index >= 15 is 0 Å². The van der Waals surface area contributed by atoms with Gasteiger partial charge in [0.2, 0.25) is 10.0 Å². The molecule has 140 valence electrons. The van der Waals surface area contributed by atoms with Gasteiger partial charge in [0.25, 0.3) is 0 Å². The first kappa shape index (κ1) is 19.7. The Hall–Kier alpha value is -1.58. The van der Waals surface area contributed by atoms with Crippen LogP contribution < -0.4 is 0 Å². The van der Waals surface area contributed by atoms with Crippen LogP contribution in [0.4, 0.5) is 8.78 Å². The zero-order valence-electron chi connectivity index (χ0n) is 14.2. The molecule has 2 rings (SSSR count). The molecular weight excluding hydrogens is 354 g/mol. The van der Waals surface area contributed by atoms with Gasteiger partial charge in [-0.05, 0) is 50.9 Å². The molecule has 1 N–H and O–H groups in total. The lowest BCUT2D eigenvalue weighted by molar-refractivity contribution is -0.138. The maximum Gasteiger partial charge on any atom is 0.317 e. The minimum atomic E-state index is -4.14. The molecule has 1 aromatic carbocycles. The summed E-state index contributed by atoms with van der Waals surface area (Å²) in [4.78, 5) is 11.8. The molecule has 1 aliphatic rings. The second-order valence-corrected chi connectivity index (χ2v) is 8.24. The Morgan fingerprint density at radius 1 is 1.28 bits per heavy atom. The first-order chi connectivity index (χ1) is 11.6. The number of sulfonamides is 1. The number of nitrogens with zero attached hydrogens (tertiary/aromatic N) is 2. The van der Waals surface area contributed by atoms with Crippen molar-refractivity contribution in [3.63, 3.8) is 0 Å². The van der Waals surface area contributed by atoms with Gasteiger partial charge in [0.1, 0.15) is 16.5 Å². The van der Waals surface area contributed by atoms with Crippen molar-refractivity contribution in [1.82, 2.24) is 9.21 Å². The summed E-state index contributed by atoms with van der Waals surface area (Å²) >= 11 is 0. The number of aryl methyl sites for hydroxylation is 1. The number of hydrogen-bond acceptors (Lipinski definition) is 4. The average Bonchev–Trinajstić information content (AvgIpc) is 2.76. The SMILES string of the molecule is Cc1cc(F)c(S(=O)(=O)N2CCCC(N(C)CC(=O)O)CC2)cc1F. The molecular formula is C16H22F2N2O4S. The van der Waals surface area contributed by atoms with Crippen LogP contribution in [0.5, 0.6) is 0 Å². The zero-order chi connectivity index (χ0) is 18.8. The molecule has 6 nitrogen and oxygen atoms in total.